The number of aromatic amines is 1. The molecule has 148 valence electrons. The Balaban J connectivity index is 1.45. The molecular formula is C21H20ClN5O2. The van der Waals surface area contributed by atoms with Crippen LogP contribution in [0.2, 0.25) is 5.15 Å². The number of fused-ring (bicyclic) bond motifs is 1. The van der Waals surface area contributed by atoms with Gasteiger partial charge in [0.1, 0.15) is 16.5 Å². The summed E-state index contributed by atoms with van der Waals surface area (Å²) in [6.45, 7) is 0.573. The Labute approximate surface area is 173 Å². The molecule has 0 saturated carbocycles. The normalized spacial score (nSPS) is 10.9. The Bertz CT molecular complexity index is 1130. The van der Waals surface area contributed by atoms with Crippen LogP contribution < -0.4 is 14.8 Å². The maximum absolute atomic E-state index is 5.97. The van der Waals surface area contributed by atoms with Gasteiger partial charge in [0.25, 0.3) is 0 Å². The third-order valence-corrected chi connectivity index (χ3v) is 4.78. The quantitative estimate of drug-likeness (QED) is 0.475. The van der Waals surface area contributed by atoms with E-state index in [0.717, 1.165) is 39.4 Å². The maximum atomic E-state index is 5.97. The van der Waals surface area contributed by atoms with Crippen molar-refractivity contribution in [1.29, 1.82) is 0 Å². The summed E-state index contributed by atoms with van der Waals surface area (Å²) in [5.41, 5.74) is 4.59. The standard InChI is InChI=1S/C21H20ClN5O2/c1-28-16-5-3-4-14(20(16)29-2)10-24-18-7-6-13(9-23-18)8-15-11-25-21-19(15)27-17(22)12-26-21/h3-7,9,11-12H,8,10H2,1-2H3,(H,23,24)(H,25,26). The Hall–Kier alpha value is -3.32. The summed E-state index contributed by atoms with van der Waals surface area (Å²) in [4.78, 5) is 16.2. The fourth-order valence-electron chi connectivity index (χ4n) is 3.19. The van der Waals surface area contributed by atoms with Crippen molar-refractivity contribution in [3.05, 3.63) is 70.8 Å². The van der Waals surface area contributed by atoms with E-state index in [-0.39, 0.29) is 0 Å². The molecule has 1 aromatic carbocycles. The van der Waals surface area contributed by atoms with Crippen LogP contribution in [0.15, 0.2) is 48.9 Å². The molecule has 0 aliphatic rings. The first kappa shape index (κ1) is 19.0. The number of H-pyrrole nitrogens is 1. The Morgan fingerprint density at radius 1 is 1.03 bits per heavy atom. The minimum atomic E-state index is 0.379. The summed E-state index contributed by atoms with van der Waals surface area (Å²) in [6.07, 6.45) is 5.97. The molecule has 29 heavy (non-hydrogen) atoms. The molecule has 0 saturated heterocycles. The van der Waals surface area contributed by atoms with Crippen LogP contribution in [0, 0.1) is 0 Å². The zero-order chi connectivity index (χ0) is 20.2. The maximum Gasteiger partial charge on any atom is 0.165 e. The molecule has 3 aromatic heterocycles. The van der Waals surface area contributed by atoms with Gasteiger partial charge in [-0.3, -0.25) is 0 Å². The molecule has 0 fully saturated rings. The highest BCUT2D eigenvalue weighted by molar-refractivity contribution is 6.29. The van der Waals surface area contributed by atoms with E-state index < -0.39 is 0 Å². The van der Waals surface area contributed by atoms with E-state index in [2.05, 4.69) is 25.3 Å². The predicted molar refractivity (Wildman–Crippen MR) is 113 cm³/mol. The molecule has 2 N–H and O–H groups in total. The highest BCUT2D eigenvalue weighted by Gasteiger charge is 2.10. The van der Waals surface area contributed by atoms with Crippen molar-refractivity contribution in [3.8, 4) is 11.5 Å². The molecule has 0 radical (unpaired) electrons. The van der Waals surface area contributed by atoms with E-state index in [1.54, 1.807) is 14.2 Å². The van der Waals surface area contributed by atoms with Crippen molar-refractivity contribution in [2.75, 3.05) is 19.5 Å². The number of nitrogens with one attached hydrogen (secondary N) is 2. The fraction of sp³-hybridized carbons (Fsp3) is 0.190. The monoisotopic (exact) mass is 409 g/mol. The second-order valence-electron chi connectivity index (χ2n) is 6.44. The van der Waals surface area contributed by atoms with E-state index in [9.17, 15) is 0 Å². The zero-order valence-corrected chi connectivity index (χ0v) is 16.8. The number of hydrogen-bond acceptors (Lipinski definition) is 6. The third kappa shape index (κ3) is 4.09. The van der Waals surface area contributed by atoms with Crippen molar-refractivity contribution in [2.24, 2.45) is 0 Å². The fourth-order valence-corrected chi connectivity index (χ4v) is 3.32. The van der Waals surface area contributed by atoms with Gasteiger partial charge in [0.15, 0.2) is 17.1 Å². The van der Waals surface area contributed by atoms with Crippen LogP contribution in [0.1, 0.15) is 16.7 Å². The number of rotatable bonds is 7. The highest BCUT2D eigenvalue weighted by Crippen LogP contribution is 2.31. The number of para-hydroxylation sites is 1. The zero-order valence-electron chi connectivity index (χ0n) is 16.1. The molecule has 0 bridgehead atoms. The number of ether oxygens (including phenoxy) is 2. The predicted octanol–water partition coefficient (Wildman–Crippen LogP) is 4.23. The van der Waals surface area contributed by atoms with Crippen molar-refractivity contribution in [2.45, 2.75) is 13.0 Å². The molecule has 7 nitrogen and oxygen atoms in total. The van der Waals surface area contributed by atoms with Crippen LogP contribution in [-0.2, 0) is 13.0 Å². The van der Waals surface area contributed by atoms with E-state index in [1.165, 1.54) is 6.20 Å². The van der Waals surface area contributed by atoms with Gasteiger partial charge < -0.3 is 19.8 Å². The minimum absolute atomic E-state index is 0.379. The van der Waals surface area contributed by atoms with Crippen molar-refractivity contribution in [1.82, 2.24) is 19.9 Å². The van der Waals surface area contributed by atoms with Gasteiger partial charge in [0.05, 0.1) is 20.4 Å². The number of methoxy groups -OCH3 is 2. The van der Waals surface area contributed by atoms with Crippen LogP contribution in [0.25, 0.3) is 11.2 Å². The summed E-state index contributed by atoms with van der Waals surface area (Å²) < 4.78 is 10.8. The van der Waals surface area contributed by atoms with Gasteiger partial charge in [-0.1, -0.05) is 29.8 Å². The lowest BCUT2D eigenvalue weighted by atomic mass is 10.1. The van der Waals surface area contributed by atoms with E-state index in [1.807, 2.05) is 42.7 Å². The summed E-state index contributed by atoms with van der Waals surface area (Å²) in [5.74, 6) is 2.20. The van der Waals surface area contributed by atoms with E-state index in [0.29, 0.717) is 23.9 Å². The first-order chi connectivity index (χ1) is 14.2. The van der Waals surface area contributed by atoms with Crippen LogP contribution in [-0.4, -0.2) is 34.2 Å². The number of nitrogens with zero attached hydrogens (tertiary/aromatic N) is 3. The minimum Gasteiger partial charge on any atom is -0.493 e. The summed E-state index contributed by atoms with van der Waals surface area (Å²) >= 11 is 5.97. The van der Waals surface area contributed by atoms with Crippen molar-refractivity contribution < 1.29 is 9.47 Å². The lowest BCUT2D eigenvalue weighted by Gasteiger charge is -2.13. The molecule has 3 heterocycles. The molecule has 0 spiro atoms. The Kier molecular flexibility index (Phi) is 5.48. The summed E-state index contributed by atoms with van der Waals surface area (Å²) in [5, 5.41) is 3.70. The largest absolute Gasteiger partial charge is 0.493 e. The van der Waals surface area contributed by atoms with Gasteiger partial charge in [0.2, 0.25) is 0 Å². The lowest BCUT2D eigenvalue weighted by molar-refractivity contribution is 0.352. The summed E-state index contributed by atoms with van der Waals surface area (Å²) in [6, 6.07) is 9.79. The van der Waals surface area contributed by atoms with Gasteiger partial charge in [-0.15, -0.1) is 0 Å². The van der Waals surface area contributed by atoms with Crippen molar-refractivity contribution >= 4 is 28.6 Å². The molecule has 8 heteroatoms. The van der Waals surface area contributed by atoms with Gasteiger partial charge >= 0.3 is 0 Å². The topological polar surface area (TPSA) is 85.0 Å². The number of halogens is 1. The number of aromatic nitrogens is 4. The van der Waals surface area contributed by atoms with Crippen LogP contribution >= 0.6 is 11.6 Å². The molecule has 0 unspecified atom stereocenters. The number of anilines is 1. The molecule has 0 aliphatic heterocycles. The van der Waals surface area contributed by atoms with Crippen LogP contribution in [0.3, 0.4) is 0 Å². The van der Waals surface area contributed by atoms with Gasteiger partial charge in [0, 0.05) is 36.5 Å². The van der Waals surface area contributed by atoms with Gasteiger partial charge in [-0.2, -0.15) is 0 Å². The van der Waals surface area contributed by atoms with Gasteiger partial charge in [-0.05, 0) is 17.7 Å². The van der Waals surface area contributed by atoms with Crippen molar-refractivity contribution in [3.63, 3.8) is 0 Å². The third-order valence-electron chi connectivity index (χ3n) is 4.59. The molecule has 0 atom stereocenters. The lowest BCUT2D eigenvalue weighted by Crippen LogP contribution is -2.04. The smallest absolute Gasteiger partial charge is 0.165 e. The SMILES string of the molecule is COc1cccc(CNc2ccc(Cc3c[nH]c4ncc(Cl)nc34)cn2)c1OC. The van der Waals surface area contributed by atoms with Gasteiger partial charge in [-0.25, -0.2) is 15.0 Å². The second kappa shape index (κ2) is 8.36. The molecule has 4 rings (SSSR count). The average molecular weight is 410 g/mol. The number of pyridine rings is 1. The van der Waals surface area contributed by atoms with Crippen LogP contribution in [0.5, 0.6) is 11.5 Å². The number of hydrogen-bond donors (Lipinski definition) is 2. The Morgan fingerprint density at radius 2 is 1.93 bits per heavy atom. The number of benzene rings is 1. The molecule has 0 amide bonds. The van der Waals surface area contributed by atoms with Crippen LogP contribution in [0.4, 0.5) is 5.82 Å². The van der Waals surface area contributed by atoms with E-state index in [4.69, 9.17) is 21.1 Å². The van der Waals surface area contributed by atoms with E-state index >= 15 is 0 Å². The summed E-state index contributed by atoms with van der Waals surface area (Å²) in [7, 11) is 3.26. The average Bonchev–Trinajstić information content (AvgIpc) is 3.14. The molecular weight excluding hydrogens is 390 g/mol. The molecule has 0 aliphatic carbocycles. The second-order valence-corrected chi connectivity index (χ2v) is 6.83. The first-order valence-electron chi connectivity index (χ1n) is 9.05. The highest BCUT2D eigenvalue weighted by atomic mass is 35.5. The molecule has 4 aromatic rings. The Morgan fingerprint density at radius 3 is 2.69 bits per heavy atom. The first-order valence-corrected chi connectivity index (χ1v) is 9.43.